The first kappa shape index (κ1) is 31.0. The van der Waals surface area contributed by atoms with E-state index in [0.717, 1.165) is 24.0 Å². The summed E-state index contributed by atoms with van der Waals surface area (Å²) in [5.74, 6) is -1.74. The SMILES string of the molecule is C=C(C)C(=O)OC.C=C(C=CC(=O)O)C(=O)OCC.C=CC(=O)OCCOc1ccccc1. The van der Waals surface area contributed by atoms with Crippen LogP contribution in [0, 0.1) is 0 Å². The third-order valence-corrected chi connectivity index (χ3v) is 3.00. The van der Waals surface area contributed by atoms with Gasteiger partial charge in [0.05, 0.1) is 19.3 Å². The lowest BCUT2D eigenvalue weighted by molar-refractivity contribution is -0.139. The third-order valence-electron chi connectivity index (χ3n) is 3.00. The summed E-state index contributed by atoms with van der Waals surface area (Å²) in [6, 6.07) is 9.35. The van der Waals surface area contributed by atoms with Gasteiger partial charge in [0, 0.05) is 17.7 Å². The first-order chi connectivity index (χ1) is 15.6. The Morgan fingerprint density at radius 1 is 0.970 bits per heavy atom. The number of rotatable bonds is 10. The average Bonchev–Trinajstić information content (AvgIpc) is 2.81. The van der Waals surface area contributed by atoms with E-state index >= 15 is 0 Å². The van der Waals surface area contributed by atoms with Crippen molar-refractivity contribution >= 4 is 23.9 Å². The molecule has 0 amide bonds. The summed E-state index contributed by atoms with van der Waals surface area (Å²) < 4.78 is 18.8. The highest BCUT2D eigenvalue weighted by Gasteiger charge is 2.03. The summed E-state index contributed by atoms with van der Waals surface area (Å²) in [5, 5.41) is 8.19. The van der Waals surface area contributed by atoms with Gasteiger partial charge in [-0.2, -0.15) is 0 Å². The number of para-hydroxylation sites is 1. The highest BCUT2D eigenvalue weighted by molar-refractivity contribution is 5.93. The molecule has 0 aliphatic carbocycles. The van der Waals surface area contributed by atoms with Gasteiger partial charge in [-0.05, 0) is 32.1 Å². The molecule has 0 spiro atoms. The zero-order chi connectivity index (χ0) is 25.6. The first-order valence-electron chi connectivity index (χ1n) is 9.56. The van der Waals surface area contributed by atoms with Crippen molar-refractivity contribution in [3.05, 3.63) is 79.4 Å². The lowest BCUT2D eigenvalue weighted by Crippen LogP contribution is -2.09. The Bertz CT molecular complexity index is 824. The quantitative estimate of drug-likeness (QED) is 0.183. The molecule has 1 rings (SSSR count). The Labute approximate surface area is 193 Å². The largest absolute Gasteiger partial charge is 0.490 e. The second kappa shape index (κ2) is 19.8. The van der Waals surface area contributed by atoms with Crippen molar-refractivity contribution in [1.82, 2.24) is 0 Å². The fraction of sp³-hybridized carbons (Fsp3) is 0.250. The first-order valence-corrected chi connectivity index (χ1v) is 9.56. The van der Waals surface area contributed by atoms with Crippen molar-refractivity contribution in [3.63, 3.8) is 0 Å². The van der Waals surface area contributed by atoms with Gasteiger partial charge < -0.3 is 24.1 Å². The number of hydrogen-bond acceptors (Lipinski definition) is 8. The van der Waals surface area contributed by atoms with Gasteiger partial charge in [0.25, 0.3) is 0 Å². The zero-order valence-corrected chi connectivity index (χ0v) is 19.1. The molecule has 0 unspecified atom stereocenters. The van der Waals surface area contributed by atoms with E-state index in [1.54, 1.807) is 13.8 Å². The molecule has 0 aromatic heterocycles. The standard InChI is InChI=1S/C11H12O3.C8H10O4.C5H8O2/c1-2-11(12)14-9-8-13-10-6-4-3-5-7-10;1-3-12-8(11)6(2)4-5-7(9)10;1-4(2)5(6)7-3/h2-7H,1,8-9H2;4-5H,2-3H2,1H3,(H,9,10);1H2,2-3H3. The normalized spacial score (nSPS) is 9.06. The van der Waals surface area contributed by atoms with Gasteiger partial charge in [0.15, 0.2) is 0 Å². The van der Waals surface area contributed by atoms with Crippen LogP contribution in [0.25, 0.3) is 0 Å². The Kier molecular flexibility index (Phi) is 18.6. The molecule has 0 saturated carbocycles. The minimum Gasteiger partial charge on any atom is -0.490 e. The van der Waals surface area contributed by atoms with Crippen molar-refractivity contribution in [2.45, 2.75) is 13.8 Å². The lowest BCUT2D eigenvalue weighted by atomic mass is 10.3. The maximum atomic E-state index is 10.8. The predicted molar refractivity (Wildman–Crippen MR) is 122 cm³/mol. The number of ether oxygens (including phenoxy) is 4. The van der Waals surface area contributed by atoms with Crippen LogP contribution in [0.15, 0.2) is 79.4 Å². The Morgan fingerprint density at radius 3 is 2.00 bits per heavy atom. The molecule has 9 heteroatoms. The number of aliphatic carboxylic acids is 1. The van der Waals surface area contributed by atoms with Crippen molar-refractivity contribution in [1.29, 1.82) is 0 Å². The van der Waals surface area contributed by atoms with Gasteiger partial charge in [-0.1, -0.05) is 37.9 Å². The van der Waals surface area contributed by atoms with E-state index in [1.807, 2.05) is 30.3 Å². The minimum atomic E-state index is -1.12. The highest BCUT2D eigenvalue weighted by atomic mass is 16.6. The number of benzene rings is 1. The molecule has 0 saturated heterocycles. The summed E-state index contributed by atoms with van der Waals surface area (Å²) in [6.07, 6.45) is 3.06. The number of esters is 3. The number of carbonyl (C=O) groups is 4. The van der Waals surface area contributed by atoms with Crippen molar-refractivity contribution in [3.8, 4) is 5.75 Å². The molecule has 1 aromatic rings. The molecule has 9 nitrogen and oxygen atoms in total. The Morgan fingerprint density at radius 2 is 1.58 bits per heavy atom. The molecule has 0 atom stereocenters. The van der Waals surface area contributed by atoms with E-state index in [4.69, 9.17) is 14.6 Å². The fourth-order valence-corrected chi connectivity index (χ4v) is 1.52. The number of carbonyl (C=O) groups excluding carboxylic acids is 3. The van der Waals surface area contributed by atoms with Gasteiger partial charge >= 0.3 is 23.9 Å². The molecular weight excluding hydrogens is 432 g/mol. The molecule has 1 N–H and O–H groups in total. The average molecular weight is 462 g/mol. The van der Waals surface area contributed by atoms with Crippen molar-refractivity contribution in [2.24, 2.45) is 0 Å². The summed E-state index contributed by atoms with van der Waals surface area (Å²) >= 11 is 0. The number of hydrogen-bond donors (Lipinski definition) is 1. The maximum absolute atomic E-state index is 10.8. The summed E-state index contributed by atoms with van der Waals surface area (Å²) in [7, 11) is 1.33. The van der Waals surface area contributed by atoms with Crippen LogP contribution in [0.1, 0.15) is 13.8 Å². The monoisotopic (exact) mass is 462 g/mol. The van der Waals surface area contributed by atoms with Crippen LogP contribution in [-0.4, -0.2) is 55.9 Å². The van der Waals surface area contributed by atoms with Crippen LogP contribution in [0.4, 0.5) is 0 Å². The fourth-order valence-electron chi connectivity index (χ4n) is 1.52. The van der Waals surface area contributed by atoms with Gasteiger partial charge in [0.2, 0.25) is 0 Å². The third kappa shape index (κ3) is 19.6. The second-order valence-corrected chi connectivity index (χ2v) is 5.72. The van der Waals surface area contributed by atoms with Gasteiger partial charge in [-0.25, -0.2) is 19.2 Å². The topological polar surface area (TPSA) is 125 Å². The number of carboxylic acid groups (broad SMARTS) is 1. The molecule has 0 radical (unpaired) electrons. The Hall–Kier alpha value is -4.14. The van der Waals surface area contributed by atoms with Crippen LogP contribution in [0.2, 0.25) is 0 Å². The molecule has 0 bridgehead atoms. The molecular formula is C24H30O9. The molecule has 1 aromatic carbocycles. The summed E-state index contributed by atoms with van der Waals surface area (Å²) in [5.41, 5.74) is 0.460. The van der Waals surface area contributed by atoms with Gasteiger partial charge in [0.1, 0.15) is 19.0 Å². The molecule has 33 heavy (non-hydrogen) atoms. The van der Waals surface area contributed by atoms with Gasteiger partial charge in [-0.3, -0.25) is 0 Å². The summed E-state index contributed by atoms with van der Waals surface area (Å²) in [6.45, 7) is 14.1. The molecule has 0 aliphatic rings. The lowest BCUT2D eigenvalue weighted by Gasteiger charge is -2.05. The van der Waals surface area contributed by atoms with E-state index in [9.17, 15) is 19.2 Å². The minimum absolute atomic E-state index is 0.0271. The number of carboxylic acids is 1. The summed E-state index contributed by atoms with van der Waals surface area (Å²) in [4.78, 5) is 41.6. The van der Waals surface area contributed by atoms with Crippen LogP contribution in [-0.2, 0) is 33.4 Å². The van der Waals surface area contributed by atoms with Crippen LogP contribution >= 0.6 is 0 Å². The maximum Gasteiger partial charge on any atom is 0.337 e. The van der Waals surface area contributed by atoms with Crippen molar-refractivity contribution < 1.29 is 43.2 Å². The smallest absolute Gasteiger partial charge is 0.337 e. The van der Waals surface area contributed by atoms with E-state index in [1.165, 1.54) is 7.11 Å². The highest BCUT2D eigenvalue weighted by Crippen LogP contribution is 2.07. The molecule has 180 valence electrons. The van der Waals surface area contributed by atoms with Crippen LogP contribution in [0.5, 0.6) is 5.75 Å². The predicted octanol–water partition coefficient (Wildman–Crippen LogP) is 3.28. The van der Waals surface area contributed by atoms with E-state index < -0.39 is 17.9 Å². The van der Waals surface area contributed by atoms with Crippen LogP contribution < -0.4 is 4.74 Å². The van der Waals surface area contributed by atoms with E-state index in [-0.39, 0.29) is 24.8 Å². The van der Waals surface area contributed by atoms with Crippen molar-refractivity contribution in [2.75, 3.05) is 26.9 Å². The molecule has 0 heterocycles. The molecule has 0 fully saturated rings. The van der Waals surface area contributed by atoms with Crippen LogP contribution in [0.3, 0.4) is 0 Å². The van der Waals surface area contributed by atoms with E-state index in [2.05, 4.69) is 29.2 Å². The Balaban J connectivity index is 0. The number of methoxy groups -OCH3 is 1. The van der Waals surface area contributed by atoms with Gasteiger partial charge in [-0.15, -0.1) is 0 Å². The zero-order valence-electron chi connectivity index (χ0n) is 19.1. The molecule has 0 aliphatic heterocycles. The second-order valence-electron chi connectivity index (χ2n) is 5.72. The van der Waals surface area contributed by atoms with E-state index in [0.29, 0.717) is 12.2 Å².